The normalized spacial score (nSPS) is 10.8. The molecule has 128 valence electrons. The van der Waals surface area contributed by atoms with E-state index >= 15 is 0 Å². The molecule has 0 saturated carbocycles. The van der Waals surface area contributed by atoms with Crippen LogP contribution in [0.4, 0.5) is 0 Å². The van der Waals surface area contributed by atoms with E-state index in [9.17, 15) is 0 Å². The average molecular weight is 351 g/mol. The quantitative estimate of drug-likeness (QED) is 0.410. The van der Waals surface area contributed by atoms with Crippen molar-refractivity contribution in [3.05, 3.63) is 84.9 Å². The highest BCUT2D eigenvalue weighted by Crippen LogP contribution is 2.36. The lowest BCUT2D eigenvalue weighted by molar-refractivity contribution is 0.109. The highest BCUT2D eigenvalue weighted by atomic mass is 32.2. The molecule has 0 bridgehead atoms. The van der Waals surface area contributed by atoms with Crippen molar-refractivity contribution in [1.29, 1.82) is 0 Å². The molecule has 0 fully saturated rings. The first-order valence-corrected chi connectivity index (χ1v) is 9.76. The SMILES string of the molecule is CCOCCOc1ccccc1[S+](c1ccccc1)c1ccccc1. The van der Waals surface area contributed by atoms with Crippen molar-refractivity contribution in [2.24, 2.45) is 0 Å². The second-order valence-electron chi connectivity index (χ2n) is 5.42. The van der Waals surface area contributed by atoms with Crippen LogP contribution in [0.15, 0.2) is 99.6 Å². The van der Waals surface area contributed by atoms with Crippen molar-refractivity contribution in [1.82, 2.24) is 0 Å². The van der Waals surface area contributed by atoms with Crippen molar-refractivity contribution in [2.45, 2.75) is 21.6 Å². The van der Waals surface area contributed by atoms with E-state index in [4.69, 9.17) is 9.47 Å². The summed E-state index contributed by atoms with van der Waals surface area (Å²) in [5.74, 6) is 0.929. The zero-order chi connectivity index (χ0) is 17.3. The average Bonchev–Trinajstić information content (AvgIpc) is 2.68. The van der Waals surface area contributed by atoms with Gasteiger partial charge < -0.3 is 9.47 Å². The monoisotopic (exact) mass is 351 g/mol. The first kappa shape index (κ1) is 17.6. The van der Waals surface area contributed by atoms with Gasteiger partial charge in [0.05, 0.1) is 6.61 Å². The fourth-order valence-electron chi connectivity index (χ4n) is 2.60. The predicted molar refractivity (Wildman–Crippen MR) is 103 cm³/mol. The number of ether oxygens (including phenoxy) is 2. The number of hydrogen-bond acceptors (Lipinski definition) is 2. The lowest BCUT2D eigenvalue weighted by atomic mass is 10.3. The van der Waals surface area contributed by atoms with Crippen LogP contribution in [0.5, 0.6) is 5.75 Å². The molecule has 3 aromatic carbocycles. The van der Waals surface area contributed by atoms with Gasteiger partial charge in [-0.1, -0.05) is 48.5 Å². The maximum atomic E-state index is 6.05. The fraction of sp³-hybridized carbons (Fsp3) is 0.182. The Labute approximate surface area is 152 Å². The lowest BCUT2D eigenvalue weighted by Crippen LogP contribution is -2.11. The third kappa shape index (κ3) is 4.65. The minimum Gasteiger partial charge on any atom is -0.486 e. The van der Waals surface area contributed by atoms with Gasteiger partial charge in [-0.3, -0.25) is 0 Å². The molecule has 0 atom stereocenters. The Balaban J connectivity index is 1.97. The van der Waals surface area contributed by atoms with Crippen molar-refractivity contribution in [2.75, 3.05) is 19.8 Å². The Morgan fingerprint density at radius 1 is 0.680 bits per heavy atom. The van der Waals surface area contributed by atoms with Gasteiger partial charge in [-0.05, 0) is 43.3 Å². The molecule has 0 unspecified atom stereocenters. The summed E-state index contributed by atoms with van der Waals surface area (Å²) in [7, 11) is -0.199. The molecule has 0 radical (unpaired) electrons. The number of rotatable bonds is 8. The molecule has 0 aliphatic carbocycles. The summed E-state index contributed by atoms with van der Waals surface area (Å²) >= 11 is 0. The first-order valence-electron chi connectivity index (χ1n) is 8.54. The van der Waals surface area contributed by atoms with E-state index in [1.165, 1.54) is 14.7 Å². The number of hydrogen-bond donors (Lipinski definition) is 0. The summed E-state index contributed by atoms with van der Waals surface area (Å²) in [5.41, 5.74) is 0. The number of para-hydroxylation sites is 1. The van der Waals surface area contributed by atoms with Crippen LogP contribution in [0.3, 0.4) is 0 Å². The van der Waals surface area contributed by atoms with Crippen molar-refractivity contribution in [3.63, 3.8) is 0 Å². The molecule has 0 aliphatic rings. The van der Waals surface area contributed by atoms with E-state index in [-0.39, 0.29) is 10.9 Å². The van der Waals surface area contributed by atoms with Crippen LogP contribution in [0.1, 0.15) is 6.92 Å². The molecule has 0 aliphatic heterocycles. The Hall–Kier alpha value is -2.23. The van der Waals surface area contributed by atoms with E-state index in [0.29, 0.717) is 19.8 Å². The fourth-order valence-corrected chi connectivity index (χ4v) is 4.78. The molecule has 0 heterocycles. The molecule has 3 aromatic rings. The van der Waals surface area contributed by atoms with Gasteiger partial charge >= 0.3 is 0 Å². The summed E-state index contributed by atoms with van der Waals surface area (Å²) in [6.45, 7) is 3.88. The van der Waals surface area contributed by atoms with E-state index in [1.54, 1.807) is 0 Å². The molecule has 3 heteroatoms. The van der Waals surface area contributed by atoms with Gasteiger partial charge in [-0.15, -0.1) is 0 Å². The third-order valence-electron chi connectivity index (χ3n) is 3.72. The summed E-state index contributed by atoms with van der Waals surface area (Å²) in [6.07, 6.45) is 0. The van der Waals surface area contributed by atoms with Crippen molar-refractivity contribution < 1.29 is 9.47 Å². The highest BCUT2D eigenvalue weighted by Gasteiger charge is 2.31. The second-order valence-corrected chi connectivity index (χ2v) is 7.42. The van der Waals surface area contributed by atoms with Crippen LogP contribution < -0.4 is 4.74 Å². The second kappa shape index (κ2) is 9.30. The zero-order valence-corrected chi connectivity index (χ0v) is 15.2. The molecule has 0 amide bonds. The van der Waals surface area contributed by atoms with Gasteiger partial charge in [0, 0.05) is 6.61 Å². The minimum atomic E-state index is -0.199. The number of benzene rings is 3. The largest absolute Gasteiger partial charge is 0.486 e. The van der Waals surface area contributed by atoms with Gasteiger partial charge in [0.1, 0.15) is 17.5 Å². The van der Waals surface area contributed by atoms with Crippen molar-refractivity contribution in [3.8, 4) is 5.75 Å². The zero-order valence-electron chi connectivity index (χ0n) is 14.4. The van der Waals surface area contributed by atoms with Gasteiger partial charge in [0.15, 0.2) is 15.5 Å². The van der Waals surface area contributed by atoms with Crippen LogP contribution in [0.2, 0.25) is 0 Å². The summed E-state index contributed by atoms with van der Waals surface area (Å²) in [6, 6.07) is 29.6. The van der Waals surface area contributed by atoms with E-state index in [2.05, 4.69) is 72.8 Å². The maximum Gasteiger partial charge on any atom is 0.208 e. The van der Waals surface area contributed by atoms with Crippen LogP contribution in [-0.4, -0.2) is 19.8 Å². The molecular weight excluding hydrogens is 328 g/mol. The molecular formula is C22H23O2S+. The molecule has 0 N–H and O–H groups in total. The van der Waals surface area contributed by atoms with Crippen LogP contribution >= 0.6 is 0 Å². The van der Waals surface area contributed by atoms with Crippen LogP contribution in [-0.2, 0) is 15.6 Å². The summed E-state index contributed by atoms with van der Waals surface area (Å²) in [5, 5.41) is 0. The summed E-state index contributed by atoms with van der Waals surface area (Å²) in [4.78, 5) is 3.78. The highest BCUT2D eigenvalue weighted by molar-refractivity contribution is 7.97. The van der Waals surface area contributed by atoms with Crippen LogP contribution in [0, 0.1) is 0 Å². The topological polar surface area (TPSA) is 18.5 Å². The summed E-state index contributed by atoms with van der Waals surface area (Å²) < 4.78 is 11.4. The maximum absolute atomic E-state index is 6.05. The lowest BCUT2D eigenvalue weighted by Gasteiger charge is -2.13. The molecule has 0 saturated heterocycles. The molecule has 2 nitrogen and oxygen atoms in total. The van der Waals surface area contributed by atoms with Gasteiger partial charge in [0.2, 0.25) is 4.90 Å². The molecule has 25 heavy (non-hydrogen) atoms. The van der Waals surface area contributed by atoms with E-state index < -0.39 is 0 Å². The smallest absolute Gasteiger partial charge is 0.208 e. The molecule has 0 aromatic heterocycles. The van der Waals surface area contributed by atoms with Crippen molar-refractivity contribution >= 4 is 10.9 Å². The molecule has 3 rings (SSSR count). The first-order chi connectivity index (χ1) is 12.4. The molecule has 0 spiro atoms. The van der Waals surface area contributed by atoms with Gasteiger partial charge in [0.25, 0.3) is 0 Å². The van der Waals surface area contributed by atoms with Gasteiger partial charge in [-0.2, -0.15) is 0 Å². The van der Waals surface area contributed by atoms with E-state index in [0.717, 1.165) is 5.75 Å². The van der Waals surface area contributed by atoms with Gasteiger partial charge in [-0.25, -0.2) is 0 Å². The minimum absolute atomic E-state index is 0.199. The van der Waals surface area contributed by atoms with Crippen LogP contribution in [0.25, 0.3) is 0 Å². The Kier molecular flexibility index (Phi) is 6.55. The van der Waals surface area contributed by atoms with E-state index in [1.807, 2.05) is 19.1 Å². The Morgan fingerprint density at radius 2 is 1.24 bits per heavy atom. The predicted octanol–water partition coefficient (Wildman–Crippen LogP) is 5.20. The Bertz CT molecular complexity index is 720. The third-order valence-corrected chi connectivity index (χ3v) is 5.98. The Morgan fingerprint density at radius 3 is 1.84 bits per heavy atom. The standard InChI is InChI=1S/C22H23O2S/c1-2-23-17-18-24-21-15-9-10-16-22(21)25(19-11-5-3-6-12-19)20-13-7-4-8-14-20/h3-16H,2,17-18H2,1H3/q+1.